The Morgan fingerprint density at radius 3 is 2.41 bits per heavy atom. The third-order valence-electron chi connectivity index (χ3n) is 6.44. The van der Waals surface area contributed by atoms with Crippen molar-refractivity contribution < 1.29 is 17.9 Å². The first-order valence-corrected chi connectivity index (χ1v) is 12.8. The van der Waals surface area contributed by atoms with E-state index in [0.29, 0.717) is 17.8 Å². The molecule has 168 valence electrons. The highest BCUT2D eigenvalue weighted by Gasteiger charge is 2.46. The van der Waals surface area contributed by atoms with Crippen LogP contribution in [-0.2, 0) is 14.8 Å². The predicted octanol–water partition coefficient (Wildman–Crippen LogP) is 2.82. The van der Waals surface area contributed by atoms with Gasteiger partial charge in [-0.1, -0.05) is 6.92 Å². The van der Waals surface area contributed by atoms with Crippen molar-refractivity contribution in [2.75, 3.05) is 38.5 Å². The van der Waals surface area contributed by atoms with E-state index in [0.717, 1.165) is 64.8 Å². The molecule has 0 aromatic carbocycles. The summed E-state index contributed by atoms with van der Waals surface area (Å²) in [5.74, 6) is 0.751. The number of amides is 1. The lowest BCUT2D eigenvalue weighted by Crippen LogP contribution is -2.59. The van der Waals surface area contributed by atoms with Crippen LogP contribution in [0.2, 0.25) is 0 Å². The van der Waals surface area contributed by atoms with E-state index < -0.39 is 15.6 Å². The molecule has 0 unspecified atom stereocenters. The van der Waals surface area contributed by atoms with Gasteiger partial charge in [0.15, 0.2) is 0 Å². The standard InChI is InChI=1S/C21H39N3O4S/c1-5-12-29(26,27)22-18-6-9-21(10-7-18)15-23(16-21)13-17-8-11-24(14-17)19(25)28-20(2,3)4/h17-18,22H,5-16H2,1-4H3/t17-/m0/s1. The Hall–Kier alpha value is -0.860. The van der Waals surface area contributed by atoms with Gasteiger partial charge in [0, 0.05) is 38.8 Å². The van der Waals surface area contributed by atoms with Crippen molar-refractivity contribution in [2.24, 2.45) is 11.3 Å². The number of likely N-dealkylation sites (tertiary alicyclic amines) is 2. The summed E-state index contributed by atoms with van der Waals surface area (Å²) in [4.78, 5) is 16.6. The number of nitrogens with zero attached hydrogens (tertiary/aromatic N) is 2. The fraction of sp³-hybridized carbons (Fsp3) is 0.952. The highest BCUT2D eigenvalue weighted by atomic mass is 32.2. The lowest BCUT2D eigenvalue weighted by atomic mass is 9.67. The minimum absolute atomic E-state index is 0.114. The maximum atomic E-state index is 12.2. The fourth-order valence-corrected chi connectivity index (χ4v) is 6.52. The minimum atomic E-state index is -3.11. The molecule has 7 nitrogen and oxygen atoms in total. The second-order valence-corrected chi connectivity index (χ2v) is 12.3. The molecule has 1 saturated carbocycles. The van der Waals surface area contributed by atoms with E-state index in [1.165, 1.54) is 0 Å². The van der Waals surface area contributed by atoms with Gasteiger partial charge in [-0.25, -0.2) is 17.9 Å². The summed E-state index contributed by atoms with van der Waals surface area (Å²) >= 11 is 0. The van der Waals surface area contributed by atoms with Crippen LogP contribution in [-0.4, -0.2) is 74.4 Å². The smallest absolute Gasteiger partial charge is 0.410 e. The SMILES string of the molecule is CCCS(=O)(=O)NC1CCC2(CC1)CN(C[C@@H]1CCN(C(=O)OC(C)(C)C)C1)C2. The number of hydrogen-bond donors (Lipinski definition) is 1. The Morgan fingerprint density at radius 1 is 1.17 bits per heavy atom. The molecule has 1 amide bonds. The van der Waals surface area contributed by atoms with Gasteiger partial charge < -0.3 is 14.5 Å². The molecular weight excluding hydrogens is 390 g/mol. The van der Waals surface area contributed by atoms with Crippen LogP contribution in [0.25, 0.3) is 0 Å². The zero-order valence-electron chi connectivity index (χ0n) is 18.6. The van der Waals surface area contributed by atoms with Crippen molar-refractivity contribution in [2.45, 2.75) is 77.9 Å². The lowest BCUT2D eigenvalue weighted by molar-refractivity contribution is -0.0395. The van der Waals surface area contributed by atoms with Crippen molar-refractivity contribution in [1.29, 1.82) is 0 Å². The third-order valence-corrected chi connectivity index (χ3v) is 8.08. The van der Waals surface area contributed by atoms with Gasteiger partial charge in [0.05, 0.1) is 5.75 Å². The van der Waals surface area contributed by atoms with Crippen LogP contribution < -0.4 is 4.72 Å². The molecule has 3 aliphatic rings. The first-order chi connectivity index (χ1) is 13.5. The average Bonchev–Trinajstić information content (AvgIpc) is 3.02. The van der Waals surface area contributed by atoms with Crippen LogP contribution in [0, 0.1) is 11.3 Å². The van der Waals surface area contributed by atoms with Crippen LogP contribution in [0.5, 0.6) is 0 Å². The second-order valence-electron chi connectivity index (χ2n) is 10.5. The van der Waals surface area contributed by atoms with Gasteiger partial charge in [-0.3, -0.25) is 0 Å². The summed E-state index contributed by atoms with van der Waals surface area (Å²) in [5.41, 5.74) is -0.0568. The van der Waals surface area contributed by atoms with Crippen molar-refractivity contribution in [3.8, 4) is 0 Å². The number of hydrogen-bond acceptors (Lipinski definition) is 5. The zero-order valence-corrected chi connectivity index (χ0v) is 19.4. The van der Waals surface area contributed by atoms with E-state index in [9.17, 15) is 13.2 Å². The summed E-state index contributed by atoms with van der Waals surface area (Å²) in [6.07, 6.45) is 5.63. The monoisotopic (exact) mass is 429 g/mol. The van der Waals surface area contributed by atoms with Crippen LogP contribution in [0.1, 0.15) is 66.2 Å². The van der Waals surface area contributed by atoms with E-state index in [2.05, 4.69) is 9.62 Å². The molecule has 2 heterocycles. The summed E-state index contributed by atoms with van der Waals surface area (Å²) in [7, 11) is -3.11. The molecular formula is C21H39N3O4S. The normalized spacial score (nSPS) is 25.9. The molecule has 1 spiro atoms. The molecule has 0 aromatic rings. The van der Waals surface area contributed by atoms with E-state index in [1.54, 1.807) is 0 Å². The topological polar surface area (TPSA) is 79.0 Å². The molecule has 0 aromatic heterocycles. The van der Waals surface area contributed by atoms with Crippen molar-refractivity contribution in [1.82, 2.24) is 14.5 Å². The van der Waals surface area contributed by atoms with E-state index >= 15 is 0 Å². The molecule has 3 fully saturated rings. The first-order valence-electron chi connectivity index (χ1n) is 11.2. The van der Waals surface area contributed by atoms with Gasteiger partial charge in [-0.15, -0.1) is 0 Å². The summed E-state index contributed by atoms with van der Waals surface area (Å²) in [6.45, 7) is 12.5. The number of carbonyl (C=O) groups excluding carboxylic acids is 1. The molecule has 2 aliphatic heterocycles. The molecule has 1 aliphatic carbocycles. The number of carbonyl (C=O) groups is 1. The van der Waals surface area contributed by atoms with Crippen LogP contribution in [0.3, 0.4) is 0 Å². The Bertz CT molecular complexity index is 673. The van der Waals surface area contributed by atoms with E-state index in [4.69, 9.17) is 4.74 Å². The van der Waals surface area contributed by atoms with Gasteiger partial charge in [-0.05, 0) is 70.6 Å². The molecule has 8 heteroatoms. The number of rotatable bonds is 6. The Balaban J connectivity index is 1.36. The number of sulfonamides is 1. The quantitative estimate of drug-likeness (QED) is 0.702. The number of nitrogens with one attached hydrogen (secondary N) is 1. The van der Waals surface area contributed by atoms with Gasteiger partial charge in [0.25, 0.3) is 0 Å². The van der Waals surface area contributed by atoms with Crippen LogP contribution in [0.4, 0.5) is 4.79 Å². The first kappa shape index (κ1) is 22.8. The highest BCUT2D eigenvalue weighted by molar-refractivity contribution is 7.89. The van der Waals surface area contributed by atoms with Gasteiger partial charge in [0.1, 0.15) is 5.60 Å². The Labute approximate surface area is 176 Å². The van der Waals surface area contributed by atoms with Gasteiger partial charge in [0.2, 0.25) is 10.0 Å². The van der Waals surface area contributed by atoms with Crippen molar-refractivity contribution >= 4 is 16.1 Å². The summed E-state index contributed by atoms with van der Waals surface area (Å²) < 4.78 is 32.4. The van der Waals surface area contributed by atoms with E-state index in [-0.39, 0.29) is 17.9 Å². The van der Waals surface area contributed by atoms with E-state index in [1.807, 2.05) is 32.6 Å². The zero-order chi connectivity index (χ0) is 21.3. The lowest BCUT2D eigenvalue weighted by Gasteiger charge is -2.54. The maximum Gasteiger partial charge on any atom is 0.410 e. The number of ether oxygens (including phenoxy) is 1. The van der Waals surface area contributed by atoms with Gasteiger partial charge >= 0.3 is 6.09 Å². The minimum Gasteiger partial charge on any atom is -0.444 e. The predicted molar refractivity (Wildman–Crippen MR) is 114 cm³/mol. The molecule has 2 saturated heterocycles. The molecule has 3 rings (SSSR count). The Morgan fingerprint density at radius 2 is 1.83 bits per heavy atom. The van der Waals surface area contributed by atoms with Crippen molar-refractivity contribution in [3.63, 3.8) is 0 Å². The molecule has 1 N–H and O–H groups in total. The second kappa shape index (κ2) is 8.71. The van der Waals surface area contributed by atoms with Gasteiger partial charge in [-0.2, -0.15) is 0 Å². The largest absolute Gasteiger partial charge is 0.444 e. The Kier molecular flexibility index (Phi) is 6.85. The summed E-state index contributed by atoms with van der Waals surface area (Å²) in [6, 6.07) is 0.114. The summed E-state index contributed by atoms with van der Waals surface area (Å²) in [5, 5.41) is 0. The van der Waals surface area contributed by atoms with Crippen LogP contribution in [0.15, 0.2) is 0 Å². The van der Waals surface area contributed by atoms with Crippen molar-refractivity contribution in [3.05, 3.63) is 0 Å². The maximum absolute atomic E-state index is 12.2. The molecule has 29 heavy (non-hydrogen) atoms. The molecule has 1 atom stereocenters. The highest BCUT2D eigenvalue weighted by Crippen LogP contribution is 2.44. The third kappa shape index (κ3) is 6.31. The molecule has 0 radical (unpaired) electrons. The fourth-order valence-electron chi connectivity index (χ4n) is 5.12. The molecule has 0 bridgehead atoms. The van der Waals surface area contributed by atoms with Crippen LogP contribution >= 0.6 is 0 Å². The average molecular weight is 430 g/mol.